The molecule has 0 radical (unpaired) electrons. The second-order valence-electron chi connectivity index (χ2n) is 6.67. The number of carbonyl (C=O) groups is 1. The monoisotopic (exact) mass is 417 g/mol. The van der Waals surface area contributed by atoms with Crippen molar-refractivity contribution in [2.75, 3.05) is 46.9 Å². The van der Waals surface area contributed by atoms with Crippen molar-refractivity contribution in [3.63, 3.8) is 0 Å². The first-order valence-electron chi connectivity index (χ1n) is 9.00. The van der Waals surface area contributed by atoms with Gasteiger partial charge in [-0.3, -0.25) is 24.7 Å². The van der Waals surface area contributed by atoms with Crippen LogP contribution in [0.15, 0.2) is 18.2 Å². The van der Waals surface area contributed by atoms with Crippen LogP contribution in [0.3, 0.4) is 0 Å². The largest absolute Gasteiger partial charge is 0.496 e. The number of hydrogen-bond acceptors (Lipinski definition) is 7. The minimum absolute atomic E-state index is 0. The number of nitro benzene ring substituents is 1. The molecule has 0 spiro atoms. The van der Waals surface area contributed by atoms with Crippen LogP contribution in [0.25, 0.3) is 0 Å². The predicted molar refractivity (Wildman–Crippen MR) is 107 cm³/mol. The number of methoxy groups -OCH3 is 1. The highest BCUT2D eigenvalue weighted by Crippen LogP contribution is 2.31. The molecule has 0 aliphatic carbocycles. The number of likely N-dealkylation sites (N-methyl/N-ethyl adjacent to an activating group) is 1. The maximum absolute atomic E-state index is 11.2. The molecular formula is C18H28ClN3O6. The maximum atomic E-state index is 11.2. The summed E-state index contributed by atoms with van der Waals surface area (Å²) >= 11 is 0. The average Bonchev–Trinajstić information content (AvgIpc) is 2.87. The zero-order chi connectivity index (χ0) is 19.8. The van der Waals surface area contributed by atoms with Gasteiger partial charge in [-0.1, -0.05) is 0 Å². The van der Waals surface area contributed by atoms with Gasteiger partial charge in [-0.15, -0.1) is 12.4 Å². The van der Waals surface area contributed by atoms with Crippen LogP contribution in [-0.4, -0.2) is 78.8 Å². The molecule has 1 aromatic rings. The number of nitrogens with zero attached hydrogens (tertiary/aromatic N) is 3. The van der Waals surface area contributed by atoms with Gasteiger partial charge in [0.2, 0.25) is 0 Å². The first-order valence-corrected chi connectivity index (χ1v) is 9.00. The lowest BCUT2D eigenvalue weighted by molar-refractivity contribution is -0.385. The number of carboxylic acid groups (broad SMARTS) is 1. The molecule has 1 unspecified atom stereocenters. The van der Waals surface area contributed by atoms with E-state index in [4.69, 9.17) is 14.6 Å². The number of benzene rings is 1. The normalized spacial score (nSPS) is 17.5. The van der Waals surface area contributed by atoms with Gasteiger partial charge in [0.05, 0.1) is 24.6 Å². The first kappa shape index (κ1) is 23.9. The number of rotatable bonds is 9. The minimum Gasteiger partial charge on any atom is -0.496 e. The van der Waals surface area contributed by atoms with Crippen molar-refractivity contribution in [2.45, 2.75) is 25.3 Å². The lowest BCUT2D eigenvalue weighted by atomic mass is 10.1. The number of halogens is 1. The molecule has 1 heterocycles. The Morgan fingerprint density at radius 2 is 2.14 bits per heavy atom. The van der Waals surface area contributed by atoms with E-state index in [1.807, 2.05) is 11.9 Å². The third-order valence-corrected chi connectivity index (χ3v) is 4.83. The highest BCUT2D eigenvalue weighted by molar-refractivity contribution is 5.85. The van der Waals surface area contributed by atoms with Crippen molar-refractivity contribution in [1.29, 1.82) is 0 Å². The van der Waals surface area contributed by atoms with E-state index in [9.17, 15) is 14.9 Å². The molecule has 9 nitrogen and oxygen atoms in total. The van der Waals surface area contributed by atoms with Crippen molar-refractivity contribution in [3.8, 4) is 11.5 Å². The Bertz CT molecular complexity index is 660. The Kier molecular flexibility index (Phi) is 9.98. The van der Waals surface area contributed by atoms with Crippen LogP contribution in [0.4, 0.5) is 5.69 Å². The van der Waals surface area contributed by atoms with Crippen LogP contribution in [0.1, 0.15) is 19.3 Å². The van der Waals surface area contributed by atoms with Gasteiger partial charge in [0.25, 0.3) is 0 Å². The SMILES string of the molecule is COc1ccc(OCCN2CCCC(N(C)CC(=O)O)CC2)c([N+](=O)[O-])c1.Cl. The molecule has 10 heteroatoms. The lowest BCUT2D eigenvalue weighted by Crippen LogP contribution is -2.37. The van der Waals surface area contributed by atoms with Gasteiger partial charge in [-0.2, -0.15) is 0 Å². The van der Waals surface area contributed by atoms with E-state index >= 15 is 0 Å². The van der Waals surface area contributed by atoms with Crippen LogP contribution in [0.5, 0.6) is 11.5 Å². The molecule has 28 heavy (non-hydrogen) atoms. The summed E-state index contributed by atoms with van der Waals surface area (Å²) in [4.78, 5) is 25.7. The van der Waals surface area contributed by atoms with Gasteiger partial charge in [0.15, 0.2) is 5.75 Å². The molecule has 1 N–H and O–H groups in total. The zero-order valence-corrected chi connectivity index (χ0v) is 17.0. The van der Waals surface area contributed by atoms with Crippen molar-refractivity contribution < 1.29 is 24.3 Å². The molecule has 2 rings (SSSR count). The van der Waals surface area contributed by atoms with E-state index in [0.717, 1.165) is 32.4 Å². The molecule has 1 aromatic carbocycles. The standard InChI is InChI=1S/C18H27N3O6.ClH/c1-19(13-18(22)23)14-4-3-8-20(9-7-14)10-11-27-17-6-5-15(26-2)12-16(17)21(24)25;/h5-6,12,14H,3-4,7-11,13H2,1-2H3,(H,22,23);1H. The number of likely N-dealkylation sites (tertiary alicyclic amines) is 1. The van der Waals surface area contributed by atoms with E-state index < -0.39 is 10.9 Å². The summed E-state index contributed by atoms with van der Waals surface area (Å²) in [5, 5.41) is 20.1. The molecule has 158 valence electrons. The molecule has 1 saturated heterocycles. The number of carboxylic acids is 1. The average molecular weight is 418 g/mol. The van der Waals surface area contributed by atoms with Gasteiger partial charge >= 0.3 is 11.7 Å². The molecule has 1 aliphatic rings. The Morgan fingerprint density at radius 3 is 2.79 bits per heavy atom. The summed E-state index contributed by atoms with van der Waals surface area (Å²) in [6, 6.07) is 4.80. The molecule has 1 atom stereocenters. The van der Waals surface area contributed by atoms with Crippen molar-refractivity contribution >= 4 is 24.1 Å². The van der Waals surface area contributed by atoms with Crippen molar-refractivity contribution in [3.05, 3.63) is 28.3 Å². The molecule has 0 amide bonds. The smallest absolute Gasteiger partial charge is 0.317 e. The van der Waals surface area contributed by atoms with Crippen molar-refractivity contribution in [2.24, 2.45) is 0 Å². The Labute approximate surface area is 170 Å². The summed E-state index contributed by atoms with van der Waals surface area (Å²) in [5.41, 5.74) is -0.111. The zero-order valence-electron chi connectivity index (χ0n) is 16.2. The van der Waals surface area contributed by atoms with E-state index in [-0.39, 0.29) is 36.4 Å². The Morgan fingerprint density at radius 1 is 1.39 bits per heavy atom. The van der Waals surface area contributed by atoms with Gasteiger partial charge in [0.1, 0.15) is 12.4 Å². The van der Waals surface area contributed by atoms with E-state index in [2.05, 4.69) is 4.90 Å². The fourth-order valence-corrected chi connectivity index (χ4v) is 3.32. The summed E-state index contributed by atoms with van der Waals surface area (Å²) in [6.07, 6.45) is 2.84. The second-order valence-corrected chi connectivity index (χ2v) is 6.67. The number of hydrogen-bond donors (Lipinski definition) is 1. The summed E-state index contributed by atoms with van der Waals surface area (Å²) in [7, 11) is 3.31. The van der Waals surface area contributed by atoms with E-state index in [1.54, 1.807) is 12.1 Å². The van der Waals surface area contributed by atoms with Gasteiger partial charge < -0.3 is 14.6 Å². The fraction of sp³-hybridized carbons (Fsp3) is 0.611. The third kappa shape index (κ3) is 7.14. The maximum Gasteiger partial charge on any atom is 0.317 e. The molecule has 0 bridgehead atoms. The number of ether oxygens (including phenoxy) is 2. The van der Waals surface area contributed by atoms with Crippen LogP contribution < -0.4 is 9.47 Å². The van der Waals surface area contributed by atoms with Crippen LogP contribution >= 0.6 is 12.4 Å². The highest BCUT2D eigenvalue weighted by Gasteiger charge is 2.22. The molecule has 1 fully saturated rings. The van der Waals surface area contributed by atoms with Crippen LogP contribution in [0, 0.1) is 10.1 Å². The number of nitro groups is 1. The molecule has 0 aromatic heterocycles. The van der Waals surface area contributed by atoms with E-state index in [0.29, 0.717) is 18.9 Å². The van der Waals surface area contributed by atoms with Gasteiger partial charge in [-0.05, 0) is 51.5 Å². The lowest BCUT2D eigenvalue weighted by Gasteiger charge is -2.25. The molecular weight excluding hydrogens is 390 g/mol. The van der Waals surface area contributed by atoms with Crippen LogP contribution in [0.2, 0.25) is 0 Å². The first-order chi connectivity index (χ1) is 12.9. The summed E-state index contributed by atoms with van der Waals surface area (Å²) in [5.74, 6) is -0.166. The van der Waals surface area contributed by atoms with E-state index in [1.165, 1.54) is 13.2 Å². The molecule has 1 aliphatic heterocycles. The van der Waals surface area contributed by atoms with Gasteiger partial charge in [0, 0.05) is 12.6 Å². The van der Waals surface area contributed by atoms with Crippen LogP contribution in [-0.2, 0) is 4.79 Å². The topological polar surface area (TPSA) is 105 Å². The highest BCUT2D eigenvalue weighted by atomic mass is 35.5. The Hall–Kier alpha value is -2.10. The van der Waals surface area contributed by atoms with Crippen molar-refractivity contribution in [1.82, 2.24) is 9.80 Å². The summed E-state index contributed by atoms with van der Waals surface area (Å²) in [6.45, 7) is 2.82. The third-order valence-electron chi connectivity index (χ3n) is 4.83. The second kappa shape index (κ2) is 11.7. The van der Waals surface area contributed by atoms with Gasteiger partial charge in [-0.25, -0.2) is 0 Å². The Balaban J connectivity index is 0.00000392. The number of aliphatic carboxylic acids is 1. The summed E-state index contributed by atoms with van der Waals surface area (Å²) < 4.78 is 10.7. The molecule has 0 saturated carbocycles. The fourth-order valence-electron chi connectivity index (χ4n) is 3.32. The quantitative estimate of drug-likeness (QED) is 0.482. The predicted octanol–water partition coefficient (Wildman–Crippen LogP) is 2.27. The minimum atomic E-state index is -0.812.